The molecule has 0 spiro atoms. The van der Waals surface area contributed by atoms with Gasteiger partial charge in [0.25, 0.3) is 0 Å². The summed E-state index contributed by atoms with van der Waals surface area (Å²) < 4.78 is 0. The Morgan fingerprint density at radius 1 is 0.857 bits per heavy atom. The van der Waals surface area contributed by atoms with Crippen LogP contribution >= 0.6 is 0 Å². The molecule has 0 aliphatic heterocycles. The van der Waals surface area contributed by atoms with Crippen LogP contribution < -0.4 is 11.1 Å². The largest absolute Gasteiger partial charge is 0.384 e. The number of nitrogens with zero attached hydrogens (tertiary/aromatic N) is 1. The maximum atomic E-state index is 5.71. The van der Waals surface area contributed by atoms with E-state index in [0.29, 0.717) is 5.82 Å². The van der Waals surface area contributed by atoms with Gasteiger partial charge >= 0.3 is 0 Å². The number of fused-ring (bicyclic) bond motifs is 3. The predicted molar refractivity (Wildman–Crippen MR) is 86.6 cm³/mol. The van der Waals surface area contributed by atoms with Gasteiger partial charge in [-0.05, 0) is 52.9 Å². The normalized spacial score (nSPS) is 11.8. The quantitative estimate of drug-likeness (QED) is 0.581. The molecule has 3 aromatic rings. The summed E-state index contributed by atoms with van der Waals surface area (Å²) in [7, 11) is 0. The topological polar surface area (TPSA) is 50.9 Å². The van der Waals surface area contributed by atoms with E-state index in [-0.39, 0.29) is 0 Å². The molecule has 0 radical (unpaired) electrons. The highest BCUT2D eigenvalue weighted by atomic mass is 15.0. The molecule has 0 unspecified atom stereocenters. The Kier molecular flexibility index (Phi) is 2.64. The molecule has 0 saturated heterocycles. The van der Waals surface area contributed by atoms with Crippen molar-refractivity contribution >= 4 is 17.3 Å². The molecular formula is C18H15N3. The van der Waals surface area contributed by atoms with Gasteiger partial charge in [0, 0.05) is 5.69 Å². The van der Waals surface area contributed by atoms with Crippen LogP contribution in [0, 0.1) is 0 Å². The van der Waals surface area contributed by atoms with Gasteiger partial charge in [0.15, 0.2) is 0 Å². The minimum absolute atomic E-state index is 0.522. The maximum absolute atomic E-state index is 5.71. The Bertz CT molecular complexity index is 824. The summed E-state index contributed by atoms with van der Waals surface area (Å²) in [6.07, 6.45) is 0.991. The van der Waals surface area contributed by atoms with Gasteiger partial charge in [0.05, 0.1) is 0 Å². The predicted octanol–water partition coefficient (Wildman–Crippen LogP) is 3.98. The molecule has 1 aromatic heterocycles. The maximum Gasteiger partial charge on any atom is 0.132 e. The summed E-state index contributed by atoms with van der Waals surface area (Å²) in [5, 5.41) is 3.31. The minimum atomic E-state index is 0.522. The van der Waals surface area contributed by atoms with Crippen LogP contribution in [0.15, 0.2) is 60.7 Å². The van der Waals surface area contributed by atoms with Crippen molar-refractivity contribution in [3.63, 3.8) is 0 Å². The first-order chi connectivity index (χ1) is 10.3. The molecule has 3 heteroatoms. The van der Waals surface area contributed by atoms with Gasteiger partial charge in [0.2, 0.25) is 0 Å². The molecule has 0 amide bonds. The fraction of sp³-hybridized carbons (Fsp3) is 0.0556. The van der Waals surface area contributed by atoms with Crippen LogP contribution in [-0.4, -0.2) is 4.98 Å². The van der Waals surface area contributed by atoms with Gasteiger partial charge in [-0.2, -0.15) is 0 Å². The highest BCUT2D eigenvalue weighted by molar-refractivity contribution is 5.79. The lowest BCUT2D eigenvalue weighted by Gasteiger charge is -2.08. The second kappa shape index (κ2) is 4.63. The molecule has 0 atom stereocenters. The van der Waals surface area contributed by atoms with Gasteiger partial charge in [-0.25, -0.2) is 4.98 Å². The molecule has 3 nitrogen and oxygen atoms in total. The van der Waals surface area contributed by atoms with E-state index in [1.54, 1.807) is 6.07 Å². The lowest BCUT2D eigenvalue weighted by Crippen LogP contribution is -1.97. The first-order valence-corrected chi connectivity index (χ1v) is 7.00. The van der Waals surface area contributed by atoms with E-state index in [0.717, 1.165) is 17.9 Å². The number of hydrogen-bond acceptors (Lipinski definition) is 3. The third-order valence-corrected chi connectivity index (χ3v) is 3.84. The number of nitrogen functional groups attached to an aromatic ring is 1. The van der Waals surface area contributed by atoms with E-state index in [1.165, 1.54) is 22.3 Å². The van der Waals surface area contributed by atoms with Crippen LogP contribution in [0.3, 0.4) is 0 Å². The van der Waals surface area contributed by atoms with Gasteiger partial charge in [-0.3, -0.25) is 0 Å². The minimum Gasteiger partial charge on any atom is -0.384 e. The molecule has 4 rings (SSSR count). The molecule has 1 aliphatic rings. The van der Waals surface area contributed by atoms with Crippen LogP contribution in [0.4, 0.5) is 17.3 Å². The van der Waals surface area contributed by atoms with Gasteiger partial charge in [-0.15, -0.1) is 0 Å². The van der Waals surface area contributed by atoms with Crippen molar-refractivity contribution in [2.75, 3.05) is 11.1 Å². The van der Waals surface area contributed by atoms with E-state index in [2.05, 4.69) is 52.8 Å². The summed E-state index contributed by atoms with van der Waals surface area (Å²) in [6.45, 7) is 0. The third kappa shape index (κ3) is 2.13. The Balaban J connectivity index is 1.67. The molecule has 0 saturated carbocycles. The van der Waals surface area contributed by atoms with E-state index >= 15 is 0 Å². The van der Waals surface area contributed by atoms with Crippen molar-refractivity contribution in [2.24, 2.45) is 0 Å². The van der Waals surface area contributed by atoms with Crippen molar-refractivity contribution in [1.82, 2.24) is 4.98 Å². The van der Waals surface area contributed by atoms with Crippen LogP contribution in [-0.2, 0) is 6.42 Å². The Hall–Kier alpha value is -2.81. The number of aromatic nitrogens is 1. The zero-order valence-electron chi connectivity index (χ0n) is 11.5. The van der Waals surface area contributed by atoms with Crippen molar-refractivity contribution in [1.29, 1.82) is 0 Å². The first kappa shape index (κ1) is 12.0. The summed E-state index contributed by atoms with van der Waals surface area (Å²) in [4.78, 5) is 4.27. The summed E-state index contributed by atoms with van der Waals surface area (Å²) in [5.41, 5.74) is 12.2. The zero-order valence-corrected chi connectivity index (χ0v) is 11.5. The Labute approximate surface area is 123 Å². The molecule has 102 valence electrons. The first-order valence-electron chi connectivity index (χ1n) is 7.00. The van der Waals surface area contributed by atoms with Crippen LogP contribution in [0.2, 0.25) is 0 Å². The molecule has 21 heavy (non-hydrogen) atoms. The van der Waals surface area contributed by atoms with E-state index in [4.69, 9.17) is 5.73 Å². The summed E-state index contributed by atoms with van der Waals surface area (Å²) in [5.74, 6) is 1.29. The molecule has 0 bridgehead atoms. The lowest BCUT2D eigenvalue weighted by atomic mass is 10.1. The van der Waals surface area contributed by atoms with E-state index in [9.17, 15) is 0 Å². The number of nitrogens with one attached hydrogen (secondary N) is 1. The molecule has 3 N–H and O–H groups in total. The molecule has 1 aliphatic carbocycles. The smallest absolute Gasteiger partial charge is 0.132 e. The SMILES string of the molecule is Nc1cccc(Nc2ccc3c(c2)Cc2ccccc2-3)n1. The van der Waals surface area contributed by atoms with Gasteiger partial charge in [0.1, 0.15) is 11.6 Å². The number of pyridine rings is 1. The van der Waals surface area contributed by atoms with Crippen molar-refractivity contribution in [2.45, 2.75) is 6.42 Å². The van der Waals surface area contributed by atoms with Crippen LogP contribution in [0.25, 0.3) is 11.1 Å². The summed E-state index contributed by atoms with van der Waals surface area (Å²) >= 11 is 0. The average molecular weight is 273 g/mol. The fourth-order valence-corrected chi connectivity index (χ4v) is 2.89. The fourth-order valence-electron chi connectivity index (χ4n) is 2.89. The average Bonchev–Trinajstić information content (AvgIpc) is 2.85. The number of hydrogen-bond donors (Lipinski definition) is 2. The Morgan fingerprint density at radius 2 is 1.71 bits per heavy atom. The monoisotopic (exact) mass is 273 g/mol. The van der Waals surface area contributed by atoms with Crippen molar-refractivity contribution in [3.05, 3.63) is 71.8 Å². The summed E-state index contributed by atoms with van der Waals surface area (Å²) in [6, 6.07) is 20.6. The lowest BCUT2D eigenvalue weighted by molar-refractivity contribution is 1.26. The highest BCUT2D eigenvalue weighted by Gasteiger charge is 2.17. The third-order valence-electron chi connectivity index (χ3n) is 3.84. The van der Waals surface area contributed by atoms with E-state index < -0.39 is 0 Å². The van der Waals surface area contributed by atoms with E-state index in [1.807, 2.05) is 12.1 Å². The molecular weight excluding hydrogens is 258 g/mol. The van der Waals surface area contributed by atoms with Crippen LogP contribution in [0.1, 0.15) is 11.1 Å². The number of anilines is 3. The zero-order chi connectivity index (χ0) is 14.2. The Morgan fingerprint density at radius 3 is 2.62 bits per heavy atom. The van der Waals surface area contributed by atoms with Crippen LogP contribution in [0.5, 0.6) is 0 Å². The molecule has 0 fully saturated rings. The number of nitrogens with two attached hydrogens (primary N) is 1. The van der Waals surface area contributed by atoms with Crippen molar-refractivity contribution < 1.29 is 0 Å². The van der Waals surface area contributed by atoms with Gasteiger partial charge in [-0.1, -0.05) is 36.4 Å². The standard InChI is InChI=1S/C18H15N3/c19-17-6-3-7-18(21-17)20-14-8-9-16-13(11-14)10-12-4-1-2-5-15(12)16/h1-9,11H,10H2,(H3,19,20,21). The van der Waals surface area contributed by atoms with Gasteiger partial charge < -0.3 is 11.1 Å². The molecule has 1 heterocycles. The number of benzene rings is 2. The van der Waals surface area contributed by atoms with Crippen molar-refractivity contribution in [3.8, 4) is 11.1 Å². The molecule has 2 aromatic carbocycles. The number of rotatable bonds is 2. The highest BCUT2D eigenvalue weighted by Crippen LogP contribution is 2.37. The second-order valence-corrected chi connectivity index (χ2v) is 5.28. The second-order valence-electron chi connectivity index (χ2n) is 5.28.